The number of piperazine rings is 1. The van der Waals surface area contributed by atoms with Crippen molar-refractivity contribution in [1.82, 2.24) is 9.80 Å². The van der Waals surface area contributed by atoms with Crippen molar-refractivity contribution in [2.45, 2.75) is 45.6 Å². The maximum atomic E-state index is 15.0. The van der Waals surface area contributed by atoms with Crippen LogP contribution < -0.4 is 10.6 Å². The zero-order chi connectivity index (χ0) is 26.7. The fourth-order valence-corrected chi connectivity index (χ4v) is 5.68. The molecule has 200 valence electrons. The number of amides is 2. The van der Waals surface area contributed by atoms with Crippen LogP contribution in [0.5, 0.6) is 0 Å². The van der Waals surface area contributed by atoms with Gasteiger partial charge in [0.25, 0.3) is 0 Å². The molecule has 8 heteroatoms. The van der Waals surface area contributed by atoms with E-state index in [4.69, 9.17) is 17.3 Å². The highest BCUT2D eigenvalue weighted by atomic mass is 35.5. The molecule has 2 N–H and O–H groups in total. The van der Waals surface area contributed by atoms with Crippen LogP contribution in [0, 0.1) is 17.7 Å². The van der Waals surface area contributed by atoms with E-state index in [2.05, 4.69) is 0 Å². The summed E-state index contributed by atoms with van der Waals surface area (Å²) in [6.45, 7) is 9.05. The molecule has 0 spiro atoms. The highest BCUT2D eigenvalue weighted by Crippen LogP contribution is 2.36. The molecular weight excluding hydrogens is 491 g/mol. The number of hydrogen-bond acceptors (Lipinski definition) is 4. The summed E-state index contributed by atoms with van der Waals surface area (Å²) < 4.78 is 15.0. The summed E-state index contributed by atoms with van der Waals surface area (Å²) in [5.41, 5.74) is 8.79. The van der Waals surface area contributed by atoms with E-state index in [1.54, 1.807) is 6.07 Å². The number of likely N-dealkylation sites (tertiary alicyclic amines) is 1. The van der Waals surface area contributed by atoms with Crippen LogP contribution in [0.3, 0.4) is 0 Å². The second-order valence-electron chi connectivity index (χ2n) is 10.6. The molecule has 2 saturated heterocycles. The number of nitrogens with zero attached hydrogens (tertiary/aromatic N) is 3. The lowest BCUT2D eigenvalue weighted by molar-refractivity contribution is -0.136. The molecule has 4 rings (SSSR count). The Balaban J connectivity index is 1.50. The Morgan fingerprint density at radius 2 is 1.70 bits per heavy atom. The van der Waals surface area contributed by atoms with Gasteiger partial charge in [-0.3, -0.25) is 9.59 Å². The minimum Gasteiger partial charge on any atom is -0.365 e. The summed E-state index contributed by atoms with van der Waals surface area (Å²) >= 11 is 6.10. The van der Waals surface area contributed by atoms with E-state index < -0.39 is 0 Å². The van der Waals surface area contributed by atoms with Crippen molar-refractivity contribution in [3.63, 3.8) is 0 Å². The number of carbonyl (C=O) groups excluding carboxylic acids is 2. The molecule has 0 radical (unpaired) electrons. The molecule has 0 unspecified atom stereocenters. The fourth-order valence-electron chi connectivity index (χ4n) is 5.56. The van der Waals surface area contributed by atoms with Crippen molar-refractivity contribution < 1.29 is 14.0 Å². The van der Waals surface area contributed by atoms with Gasteiger partial charge in [-0.2, -0.15) is 0 Å². The Kier molecular flexibility index (Phi) is 8.75. The van der Waals surface area contributed by atoms with E-state index >= 15 is 0 Å². The van der Waals surface area contributed by atoms with E-state index in [1.165, 1.54) is 6.07 Å². The third kappa shape index (κ3) is 5.93. The first-order valence-electron chi connectivity index (χ1n) is 13.3. The average molecular weight is 529 g/mol. The Morgan fingerprint density at radius 1 is 1.03 bits per heavy atom. The molecule has 3 atom stereocenters. The summed E-state index contributed by atoms with van der Waals surface area (Å²) in [6.07, 6.45) is 1.26. The lowest BCUT2D eigenvalue weighted by Crippen LogP contribution is -2.51. The van der Waals surface area contributed by atoms with Gasteiger partial charge in [0.1, 0.15) is 5.82 Å². The Morgan fingerprint density at radius 3 is 2.32 bits per heavy atom. The van der Waals surface area contributed by atoms with Gasteiger partial charge >= 0.3 is 0 Å². The maximum absolute atomic E-state index is 15.0. The highest BCUT2D eigenvalue weighted by Gasteiger charge is 2.42. The number of halogens is 2. The smallest absolute Gasteiger partial charge is 0.228 e. The summed E-state index contributed by atoms with van der Waals surface area (Å²) in [5.74, 6) is -0.349. The van der Waals surface area contributed by atoms with Gasteiger partial charge in [0.15, 0.2) is 0 Å². The molecule has 2 aromatic carbocycles. The summed E-state index contributed by atoms with van der Waals surface area (Å²) in [4.78, 5) is 32.2. The Bertz CT molecular complexity index is 1100. The SMILES string of the molecule is CCCC(=O)N1C[C@@H](C(=O)N2CCN(c3c(F)cccc3[C@@H](N)C(C)C)CC2)[C@H](c2ccc(Cl)cc2)C1. The standard InChI is InChI=1S/C29H38ClFN4O2/c1-4-6-26(36)35-17-23(20-9-11-21(30)12-10-20)24(18-35)29(37)34-15-13-33(14-16-34)28-22(27(32)19(2)3)7-5-8-25(28)31/h5,7-12,19,23-24,27H,4,6,13-18,32H2,1-3H3/t23-,24+,27-/m0/s1. The predicted molar refractivity (Wildman–Crippen MR) is 146 cm³/mol. The van der Waals surface area contributed by atoms with E-state index in [0.29, 0.717) is 56.4 Å². The van der Waals surface area contributed by atoms with Gasteiger partial charge in [0, 0.05) is 62.7 Å². The fraction of sp³-hybridized carbons (Fsp3) is 0.517. The van der Waals surface area contributed by atoms with Gasteiger partial charge in [-0.05, 0) is 41.7 Å². The molecule has 2 aliphatic heterocycles. The molecule has 37 heavy (non-hydrogen) atoms. The van der Waals surface area contributed by atoms with E-state index in [-0.39, 0.29) is 41.4 Å². The minimum atomic E-state index is -0.313. The zero-order valence-electron chi connectivity index (χ0n) is 22.0. The first kappa shape index (κ1) is 27.4. The van der Waals surface area contributed by atoms with Crippen LogP contribution in [-0.2, 0) is 9.59 Å². The number of rotatable bonds is 7. The third-order valence-corrected chi connectivity index (χ3v) is 8.01. The van der Waals surface area contributed by atoms with E-state index in [9.17, 15) is 14.0 Å². The molecule has 0 bridgehead atoms. The normalized spacial score (nSPS) is 21.0. The predicted octanol–water partition coefficient (Wildman–Crippen LogP) is 4.83. The lowest BCUT2D eigenvalue weighted by Gasteiger charge is -2.39. The summed E-state index contributed by atoms with van der Waals surface area (Å²) in [7, 11) is 0. The van der Waals surface area contributed by atoms with Crippen molar-refractivity contribution in [2.24, 2.45) is 17.6 Å². The number of anilines is 1. The van der Waals surface area contributed by atoms with Crippen LogP contribution >= 0.6 is 11.6 Å². The second kappa shape index (κ2) is 11.8. The monoisotopic (exact) mass is 528 g/mol. The van der Waals surface area contributed by atoms with Gasteiger partial charge in [-0.1, -0.05) is 56.6 Å². The second-order valence-corrected chi connectivity index (χ2v) is 11.0. The average Bonchev–Trinajstić information content (AvgIpc) is 3.34. The van der Waals surface area contributed by atoms with Gasteiger partial charge < -0.3 is 20.4 Å². The largest absolute Gasteiger partial charge is 0.365 e. The van der Waals surface area contributed by atoms with Crippen LogP contribution in [-0.4, -0.2) is 60.9 Å². The molecule has 6 nitrogen and oxygen atoms in total. The van der Waals surface area contributed by atoms with Crippen molar-refractivity contribution >= 4 is 29.1 Å². The molecule has 0 aliphatic carbocycles. The van der Waals surface area contributed by atoms with Crippen LogP contribution in [0.4, 0.5) is 10.1 Å². The molecular formula is C29H38ClFN4O2. The van der Waals surface area contributed by atoms with Gasteiger partial charge in [-0.25, -0.2) is 4.39 Å². The molecule has 2 amide bonds. The van der Waals surface area contributed by atoms with Crippen molar-refractivity contribution in [3.05, 3.63) is 64.4 Å². The van der Waals surface area contributed by atoms with Crippen LogP contribution in [0.15, 0.2) is 42.5 Å². The first-order valence-corrected chi connectivity index (χ1v) is 13.7. The van der Waals surface area contributed by atoms with Gasteiger partial charge in [-0.15, -0.1) is 0 Å². The van der Waals surface area contributed by atoms with Gasteiger partial charge in [0.2, 0.25) is 11.8 Å². The van der Waals surface area contributed by atoms with E-state index in [1.807, 2.05) is 65.8 Å². The lowest BCUT2D eigenvalue weighted by atomic mass is 9.88. The van der Waals surface area contributed by atoms with Crippen molar-refractivity contribution in [2.75, 3.05) is 44.2 Å². The van der Waals surface area contributed by atoms with Crippen LogP contribution in [0.1, 0.15) is 56.7 Å². The van der Waals surface area contributed by atoms with Crippen LogP contribution in [0.2, 0.25) is 5.02 Å². The number of nitrogens with two attached hydrogens (primary N) is 1. The van der Waals surface area contributed by atoms with Crippen molar-refractivity contribution in [3.8, 4) is 0 Å². The van der Waals surface area contributed by atoms with Crippen molar-refractivity contribution in [1.29, 1.82) is 0 Å². The number of para-hydroxylation sites is 1. The first-order chi connectivity index (χ1) is 17.7. The molecule has 2 heterocycles. The third-order valence-electron chi connectivity index (χ3n) is 7.75. The Labute approximate surface area is 224 Å². The number of benzene rings is 2. The van der Waals surface area contributed by atoms with Gasteiger partial charge in [0.05, 0.1) is 11.6 Å². The molecule has 0 aromatic heterocycles. The zero-order valence-corrected chi connectivity index (χ0v) is 22.8. The van der Waals surface area contributed by atoms with E-state index in [0.717, 1.165) is 17.5 Å². The van der Waals surface area contributed by atoms with Crippen LogP contribution in [0.25, 0.3) is 0 Å². The molecule has 2 fully saturated rings. The Hall–Kier alpha value is -2.64. The highest BCUT2D eigenvalue weighted by molar-refractivity contribution is 6.30. The molecule has 2 aromatic rings. The maximum Gasteiger partial charge on any atom is 0.228 e. The minimum absolute atomic E-state index is 0.0547. The summed E-state index contributed by atoms with van der Waals surface area (Å²) in [6, 6.07) is 12.4. The summed E-state index contributed by atoms with van der Waals surface area (Å²) in [5, 5.41) is 0.643. The topological polar surface area (TPSA) is 69.9 Å². The number of hydrogen-bond donors (Lipinski definition) is 1. The number of carbonyl (C=O) groups is 2. The molecule has 2 aliphatic rings. The quantitative estimate of drug-likeness (QED) is 0.559. The molecule has 0 saturated carbocycles.